The van der Waals surface area contributed by atoms with Crippen molar-refractivity contribution in [2.24, 2.45) is 0 Å². The first kappa shape index (κ1) is 7.41. The fourth-order valence-electron chi connectivity index (χ4n) is 0.670. The summed E-state index contributed by atoms with van der Waals surface area (Å²) >= 11 is 4.21. The second-order valence-electron chi connectivity index (χ2n) is 2.06. The molecule has 1 aromatic rings. The van der Waals surface area contributed by atoms with Gasteiger partial charge in [0, 0.05) is 6.20 Å². The zero-order valence-corrected chi connectivity index (χ0v) is 6.75. The third-order valence-corrected chi connectivity index (χ3v) is 1.46. The minimum atomic E-state index is 0.133. The van der Waals surface area contributed by atoms with Gasteiger partial charge < -0.3 is 0 Å². The van der Waals surface area contributed by atoms with Gasteiger partial charge in [-0.25, -0.2) is 0 Å². The van der Waals surface area contributed by atoms with Crippen LogP contribution in [0.5, 0.6) is 0 Å². The van der Waals surface area contributed by atoms with E-state index >= 15 is 0 Å². The molecule has 1 rings (SSSR count). The Hall–Kier alpha value is -0.700. The molecule has 0 fully saturated rings. The summed E-state index contributed by atoms with van der Waals surface area (Å²) < 4.78 is 1.78. The average Bonchev–Trinajstić information content (AvgIpc) is 2.34. The van der Waals surface area contributed by atoms with Gasteiger partial charge >= 0.3 is 0 Å². The Morgan fingerprint density at radius 1 is 1.90 bits per heavy atom. The molecule has 1 aromatic heterocycles. The Morgan fingerprint density at radius 2 is 2.60 bits per heavy atom. The molecule has 1 heterocycles. The average molecular weight is 154 g/mol. The summed E-state index contributed by atoms with van der Waals surface area (Å²) in [6, 6.07) is 1.90. The number of aromatic nitrogens is 2. The molecule has 1 atom stereocenters. The predicted molar refractivity (Wildman–Crippen MR) is 46.0 cm³/mol. The van der Waals surface area contributed by atoms with Gasteiger partial charge in [0.05, 0.1) is 11.1 Å². The highest BCUT2D eigenvalue weighted by Gasteiger charge is 1.97. The molecule has 10 heavy (non-hydrogen) atoms. The molecule has 0 aromatic carbocycles. The SMILES string of the molecule is C=Cc1ccn(C(C)S)n1. The van der Waals surface area contributed by atoms with Crippen LogP contribution in [0.2, 0.25) is 0 Å². The Bertz CT molecular complexity index is 227. The molecular formula is C7H10N2S. The van der Waals surface area contributed by atoms with Crippen molar-refractivity contribution >= 4 is 18.7 Å². The lowest BCUT2D eigenvalue weighted by Crippen LogP contribution is -1.98. The molecule has 0 aliphatic rings. The Labute approximate surface area is 66.0 Å². The molecule has 54 valence electrons. The van der Waals surface area contributed by atoms with Crippen molar-refractivity contribution in [2.45, 2.75) is 12.3 Å². The summed E-state index contributed by atoms with van der Waals surface area (Å²) in [6.45, 7) is 5.56. The Balaban J connectivity index is 2.88. The highest BCUT2D eigenvalue weighted by Crippen LogP contribution is 2.08. The normalized spacial score (nSPS) is 13.0. The van der Waals surface area contributed by atoms with E-state index in [9.17, 15) is 0 Å². The maximum Gasteiger partial charge on any atom is 0.0914 e. The van der Waals surface area contributed by atoms with E-state index in [1.165, 1.54) is 0 Å². The predicted octanol–water partition coefficient (Wildman–Crippen LogP) is 1.97. The Kier molecular flexibility index (Phi) is 2.17. The summed E-state index contributed by atoms with van der Waals surface area (Å²) in [6.07, 6.45) is 3.60. The van der Waals surface area contributed by atoms with E-state index < -0.39 is 0 Å². The molecule has 0 amide bonds. The van der Waals surface area contributed by atoms with Crippen LogP contribution in [0, 0.1) is 0 Å². The van der Waals surface area contributed by atoms with Gasteiger partial charge in [0.25, 0.3) is 0 Å². The summed E-state index contributed by atoms with van der Waals surface area (Å²) in [4.78, 5) is 0. The van der Waals surface area contributed by atoms with E-state index in [2.05, 4.69) is 24.3 Å². The number of hydrogen-bond acceptors (Lipinski definition) is 2. The largest absolute Gasteiger partial charge is 0.260 e. The van der Waals surface area contributed by atoms with Gasteiger partial charge in [0.15, 0.2) is 0 Å². The quantitative estimate of drug-likeness (QED) is 0.645. The lowest BCUT2D eigenvalue weighted by atomic mass is 10.4. The maximum absolute atomic E-state index is 4.21. The standard InChI is InChI=1S/C7H10N2S/c1-3-7-4-5-9(8-7)6(2)10/h3-6,10H,1H2,2H3. The van der Waals surface area contributed by atoms with Crippen LogP contribution in [0.1, 0.15) is 18.0 Å². The van der Waals surface area contributed by atoms with E-state index in [4.69, 9.17) is 0 Å². The molecule has 2 nitrogen and oxygen atoms in total. The first-order chi connectivity index (χ1) is 4.74. The molecule has 0 radical (unpaired) electrons. The first-order valence-electron chi connectivity index (χ1n) is 3.09. The monoisotopic (exact) mass is 154 g/mol. The molecule has 1 unspecified atom stereocenters. The van der Waals surface area contributed by atoms with Gasteiger partial charge in [-0.3, -0.25) is 4.68 Å². The van der Waals surface area contributed by atoms with Crippen LogP contribution in [0.15, 0.2) is 18.8 Å². The minimum absolute atomic E-state index is 0.133. The molecule has 0 bridgehead atoms. The van der Waals surface area contributed by atoms with Crippen molar-refractivity contribution in [1.82, 2.24) is 9.78 Å². The molecule has 0 spiro atoms. The highest BCUT2D eigenvalue weighted by atomic mass is 32.1. The van der Waals surface area contributed by atoms with Gasteiger partial charge in [-0.1, -0.05) is 6.58 Å². The third-order valence-electron chi connectivity index (χ3n) is 1.22. The number of nitrogens with zero attached hydrogens (tertiary/aromatic N) is 2. The first-order valence-corrected chi connectivity index (χ1v) is 3.61. The summed E-state index contributed by atoms with van der Waals surface area (Å²) in [5, 5.41) is 4.28. The van der Waals surface area contributed by atoms with E-state index in [-0.39, 0.29) is 5.37 Å². The Morgan fingerprint density at radius 3 is 2.90 bits per heavy atom. The van der Waals surface area contributed by atoms with Gasteiger partial charge in [-0.2, -0.15) is 17.7 Å². The van der Waals surface area contributed by atoms with Gasteiger partial charge in [-0.15, -0.1) is 0 Å². The number of thiol groups is 1. The minimum Gasteiger partial charge on any atom is -0.260 e. The molecule has 0 saturated heterocycles. The molecule has 0 saturated carbocycles. The number of rotatable bonds is 2. The van der Waals surface area contributed by atoms with E-state index in [1.807, 2.05) is 19.2 Å². The van der Waals surface area contributed by atoms with Crippen LogP contribution >= 0.6 is 12.6 Å². The molecule has 0 aliphatic carbocycles. The van der Waals surface area contributed by atoms with Crippen molar-refractivity contribution in [3.05, 3.63) is 24.5 Å². The molecule has 0 N–H and O–H groups in total. The van der Waals surface area contributed by atoms with Crippen LogP contribution in [0.3, 0.4) is 0 Å². The van der Waals surface area contributed by atoms with Crippen molar-refractivity contribution in [3.63, 3.8) is 0 Å². The molecule has 0 aliphatic heterocycles. The maximum atomic E-state index is 4.21. The van der Waals surface area contributed by atoms with Crippen LogP contribution < -0.4 is 0 Å². The fourth-order valence-corrected chi connectivity index (χ4v) is 0.798. The summed E-state index contributed by atoms with van der Waals surface area (Å²) in [5.74, 6) is 0. The van der Waals surface area contributed by atoms with Crippen molar-refractivity contribution < 1.29 is 0 Å². The van der Waals surface area contributed by atoms with Crippen molar-refractivity contribution in [2.75, 3.05) is 0 Å². The highest BCUT2D eigenvalue weighted by molar-refractivity contribution is 7.80. The van der Waals surface area contributed by atoms with E-state index in [0.29, 0.717) is 0 Å². The van der Waals surface area contributed by atoms with Crippen LogP contribution in [-0.2, 0) is 0 Å². The molecular weight excluding hydrogens is 144 g/mol. The van der Waals surface area contributed by atoms with Gasteiger partial charge in [0.1, 0.15) is 0 Å². The zero-order valence-electron chi connectivity index (χ0n) is 5.86. The lowest BCUT2D eigenvalue weighted by molar-refractivity contribution is 0.645. The van der Waals surface area contributed by atoms with Crippen LogP contribution in [0.4, 0.5) is 0 Å². The number of hydrogen-bond donors (Lipinski definition) is 1. The fraction of sp³-hybridized carbons (Fsp3) is 0.286. The smallest absolute Gasteiger partial charge is 0.0914 e. The van der Waals surface area contributed by atoms with E-state index in [1.54, 1.807) is 10.8 Å². The van der Waals surface area contributed by atoms with Gasteiger partial charge in [-0.05, 0) is 19.1 Å². The third kappa shape index (κ3) is 1.42. The second-order valence-corrected chi connectivity index (χ2v) is 2.80. The summed E-state index contributed by atoms with van der Waals surface area (Å²) in [5.41, 5.74) is 0.890. The van der Waals surface area contributed by atoms with Crippen LogP contribution in [-0.4, -0.2) is 9.78 Å². The topological polar surface area (TPSA) is 17.8 Å². The second kappa shape index (κ2) is 2.92. The zero-order chi connectivity index (χ0) is 7.56. The van der Waals surface area contributed by atoms with Gasteiger partial charge in [0.2, 0.25) is 0 Å². The molecule has 3 heteroatoms. The van der Waals surface area contributed by atoms with Crippen LogP contribution in [0.25, 0.3) is 6.08 Å². The van der Waals surface area contributed by atoms with E-state index in [0.717, 1.165) is 5.69 Å². The lowest BCUT2D eigenvalue weighted by Gasteiger charge is -2.01. The van der Waals surface area contributed by atoms with Crippen molar-refractivity contribution in [3.8, 4) is 0 Å². The van der Waals surface area contributed by atoms with Crippen molar-refractivity contribution in [1.29, 1.82) is 0 Å². The summed E-state index contributed by atoms with van der Waals surface area (Å²) in [7, 11) is 0.